The first kappa shape index (κ1) is 34.8. The lowest BCUT2D eigenvalue weighted by Crippen LogP contribution is -2.59. The molecule has 1 heterocycles. The number of carbonyl (C=O) groups excluding carboxylic acids is 2. The number of hydrogen-bond acceptors (Lipinski definition) is 10. The van der Waals surface area contributed by atoms with E-state index in [1.54, 1.807) is 0 Å². The third-order valence-corrected chi connectivity index (χ3v) is 12.6. The van der Waals surface area contributed by atoms with Gasteiger partial charge in [-0.05, 0) is 73.3 Å². The summed E-state index contributed by atoms with van der Waals surface area (Å²) in [4.78, 5) is 26.7. The quantitative estimate of drug-likeness (QED) is 0.244. The van der Waals surface area contributed by atoms with Gasteiger partial charge in [0.05, 0.1) is 23.9 Å². The topological polar surface area (TPSA) is 174 Å². The van der Waals surface area contributed by atoms with Gasteiger partial charge in [0.25, 0.3) is 0 Å². The van der Waals surface area contributed by atoms with Crippen molar-refractivity contribution in [1.29, 1.82) is 0 Å². The molecule has 1 saturated heterocycles. The standard InChI is InChI=1S/C35H54O10/c1-18(14-21(36)29(41)32(4,5)42)26-22(37)16-34(7)20-8-9-24-31(2,3)25(45-30-28(40)27(39)23(38)17-44-30)11-13-35(24,43)15-19(20)10-12-33(26,34)6/h8,10,18,23-30,38-43H,9,11-17H2,1-7H3. The lowest BCUT2D eigenvalue weighted by Gasteiger charge is -2.54. The first-order valence-electron chi connectivity index (χ1n) is 16.6. The average Bonchev–Trinajstić information content (AvgIpc) is 3.03. The third-order valence-electron chi connectivity index (χ3n) is 12.6. The van der Waals surface area contributed by atoms with Crippen molar-refractivity contribution in [3.8, 4) is 0 Å². The maximum atomic E-state index is 13.8. The molecule has 45 heavy (non-hydrogen) atoms. The highest BCUT2D eigenvalue weighted by Gasteiger charge is 2.64. The van der Waals surface area contributed by atoms with Crippen LogP contribution in [0.15, 0.2) is 23.3 Å². The molecule has 0 radical (unpaired) electrons. The van der Waals surface area contributed by atoms with E-state index in [-0.39, 0.29) is 36.8 Å². The second-order valence-electron chi connectivity index (χ2n) is 16.4. The Bertz CT molecular complexity index is 1250. The Labute approximate surface area is 266 Å². The van der Waals surface area contributed by atoms with Crippen LogP contribution in [0.2, 0.25) is 0 Å². The van der Waals surface area contributed by atoms with Gasteiger partial charge >= 0.3 is 0 Å². The fourth-order valence-electron chi connectivity index (χ4n) is 9.77. The molecule has 1 aliphatic heterocycles. The minimum absolute atomic E-state index is 0.00432. The molecular weight excluding hydrogens is 580 g/mol. The molecule has 254 valence electrons. The highest BCUT2D eigenvalue weighted by molar-refractivity contribution is 5.89. The Hall–Kier alpha value is -1.50. The largest absolute Gasteiger partial charge is 0.389 e. The molecule has 4 aliphatic carbocycles. The van der Waals surface area contributed by atoms with Crippen LogP contribution in [0.1, 0.15) is 93.4 Å². The van der Waals surface area contributed by atoms with Crippen LogP contribution < -0.4 is 0 Å². The van der Waals surface area contributed by atoms with E-state index in [0.717, 1.165) is 11.1 Å². The number of ketones is 2. The summed E-state index contributed by atoms with van der Waals surface area (Å²) in [5.74, 6) is -1.31. The number of aliphatic hydroxyl groups excluding tert-OH is 4. The molecule has 12 unspecified atom stereocenters. The van der Waals surface area contributed by atoms with Gasteiger partial charge in [-0.1, -0.05) is 46.8 Å². The van der Waals surface area contributed by atoms with Crippen LogP contribution in [0.25, 0.3) is 0 Å². The van der Waals surface area contributed by atoms with Gasteiger partial charge in [0.15, 0.2) is 12.1 Å². The van der Waals surface area contributed by atoms with Crippen molar-refractivity contribution < 1.29 is 49.7 Å². The third kappa shape index (κ3) is 5.61. The lowest BCUT2D eigenvalue weighted by molar-refractivity contribution is -0.304. The van der Waals surface area contributed by atoms with E-state index in [1.165, 1.54) is 13.8 Å². The van der Waals surface area contributed by atoms with E-state index in [1.807, 2.05) is 6.92 Å². The molecule has 10 nitrogen and oxygen atoms in total. The SMILES string of the molecule is CC(CC(=O)C(O)C(C)(C)O)C1C(=O)CC2(C)C3=CCC4C(O)(CCC(OC5OCC(O)C(O)C5O)C4(C)C)CC3=CCC12C. The molecule has 12 atom stereocenters. The van der Waals surface area contributed by atoms with E-state index in [2.05, 4.69) is 39.8 Å². The summed E-state index contributed by atoms with van der Waals surface area (Å²) < 4.78 is 11.8. The van der Waals surface area contributed by atoms with Crippen molar-refractivity contribution in [2.45, 2.75) is 141 Å². The van der Waals surface area contributed by atoms with Gasteiger partial charge in [0.1, 0.15) is 30.2 Å². The number of hydrogen-bond donors (Lipinski definition) is 6. The summed E-state index contributed by atoms with van der Waals surface area (Å²) in [5, 5.41) is 63.4. The van der Waals surface area contributed by atoms with Crippen molar-refractivity contribution in [2.24, 2.45) is 34.0 Å². The van der Waals surface area contributed by atoms with Gasteiger partial charge in [-0.3, -0.25) is 9.59 Å². The van der Waals surface area contributed by atoms with Crippen LogP contribution in [-0.4, -0.2) is 96.8 Å². The number of rotatable bonds is 7. The Morgan fingerprint density at radius 3 is 2.42 bits per heavy atom. The van der Waals surface area contributed by atoms with Crippen molar-refractivity contribution >= 4 is 11.6 Å². The smallest absolute Gasteiger partial charge is 0.186 e. The van der Waals surface area contributed by atoms with Crippen LogP contribution in [0.5, 0.6) is 0 Å². The average molecular weight is 635 g/mol. The summed E-state index contributed by atoms with van der Waals surface area (Å²) in [5.41, 5.74) is -1.96. The molecule has 0 aromatic heterocycles. The molecule has 0 aromatic carbocycles. The van der Waals surface area contributed by atoms with E-state index in [0.29, 0.717) is 38.5 Å². The van der Waals surface area contributed by atoms with E-state index < -0.39 is 69.9 Å². The molecular formula is C35H54O10. The number of allylic oxidation sites excluding steroid dienone is 3. The zero-order chi connectivity index (χ0) is 33.5. The summed E-state index contributed by atoms with van der Waals surface area (Å²) in [6.45, 7) is 12.9. The highest BCUT2D eigenvalue weighted by atomic mass is 16.7. The number of ether oxygens (including phenoxy) is 2. The fraction of sp³-hybridized carbons (Fsp3) is 0.829. The summed E-state index contributed by atoms with van der Waals surface area (Å²) in [7, 11) is 0. The number of aliphatic hydroxyl groups is 6. The molecule has 0 aromatic rings. The second kappa shape index (κ2) is 11.6. The molecule has 0 bridgehead atoms. The van der Waals surface area contributed by atoms with Crippen molar-refractivity contribution in [2.75, 3.05) is 6.61 Å². The van der Waals surface area contributed by atoms with E-state index in [9.17, 15) is 40.2 Å². The van der Waals surface area contributed by atoms with Crippen molar-refractivity contribution in [3.63, 3.8) is 0 Å². The lowest BCUT2D eigenvalue weighted by atomic mass is 9.53. The fourth-order valence-corrected chi connectivity index (χ4v) is 9.77. The van der Waals surface area contributed by atoms with E-state index in [4.69, 9.17) is 9.47 Å². The maximum absolute atomic E-state index is 13.8. The molecule has 0 spiro atoms. The molecule has 5 aliphatic rings. The molecule has 5 rings (SSSR count). The summed E-state index contributed by atoms with van der Waals surface area (Å²) in [6.07, 6.45) is 0.368. The van der Waals surface area contributed by atoms with Crippen LogP contribution in [0.4, 0.5) is 0 Å². The van der Waals surface area contributed by atoms with Gasteiger partial charge in [-0.2, -0.15) is 0 Å². The second-order valence-corrected chi connectivity index (χ2v) is 16.4. The number of Topliss-reactive ketones (excluding diaryl/α,β-unsaturated/α-hetero) is 2. The van der Waals surface area contributed by atoms with E-state index >= 15 is 0 Å². The molecule has 3 fully saturated rings. The first-order valence-corrected chi connectivity index (χ1v) is 16.6. The Morgan fingerprint density at radius 1 is 1.11 bits per heavy atom. The number of carbonyl (C=O) groups is 2. The minimum atomic E-state index is -1.57. The molecule has 6 N–H and O–H groups in total. The normalized spacial score (nSPS) is 44.5. The van der Waals surface area contributed by atoms with Crippen molar-refractivity contribution in [3.05, 3.63) is 23.3 Å². The molecule has 2 saturated carbocycles. The van der Waals surface area contributed by atoms with Crippen LogP contribution in [0.3, 0.4) is 0 Å². The minimum Gasteiger partial charge on any atom is -0.389 e. The van der Waals surface area contributed by atoms with Gasteiger partial charge in [0.2, 0.25) is 0 Å². The van der Waals surface area contributed by atoms with Crippen LogP contribution in [-0.2, 0) is 19.1 Å². The number of fused-ring (bicyclic) bond motifs is 4. The summed E-state index contributed by atoms with van der Waals surface area (Å²) in [6, 6.07) is 0. The predicted octanol–water partition coefficient (Wildman–Crippen LogP) is 2.36. The van der Waals surface area contributed by atoms with Crippen LogP contribution in [0, 0.1) is 34.0 Å². The summed E-state index contributed by atoms with van der Waals surface area (Å²) >= 11 is 0. The van der Waals surface area contributed by atoms with Gasteiger partial charge in [-0.25, -0.2) is 0 Å². The zero-order valence-corrected chi connectivity index (χ0v) is 27.8. The Balaban J connectivity index is 1.40. The first-order chi connectivity index (χ1) is 20.7. The Kier molecular flexibility index (Phi) is 8.96. The van der Waals surface area contributed by atoms with Gasteiger partial charge < -0.3 is 40.1 Å². The predicted molar refractivity (Wildman–Crippen MR) is 165 cm³/mol. The zero-order valence-electron chi connectivity index (χ0n) is 27.8. The van der Waals surface area contributed by atoms with Crippen molar-refractivity contribution in [1.82, 2.24) is 0 Å². The maximum Gasteiger partial charge on any atom is 0.186 e. The Morgan fingerprint density at radius 2 is 1.78 bits per heavy atom. The van der Waals surface area contributed by atoms with Crippen LogP contribution >= 0.6 is 0 Å². The molecule has 0 amide bonds. The van der Waals surface area contributed by atoms with Gasteiger partial charge in [-0.15, -0.1) is 0 Å². The highest BCUT2D eigenvalue weighted by Crippen LogP contribution is 2.67. The van der Waals surface area contributed by atoms with Gasteiger partial charge in [0, 0.05) is 30.6 Å². The monoisotopic (exact) mass is 634 g/mol. The molecule has 10 heteroatoms.